The van der Waals surface area contributed by atoms with Crippen molar-refractivity contribution in [1.82, 2.24) is 15.0 Å². The van der Waals surface area contributed by atoms with Gasteiger partial charge in [0, 0.05) is 11.0 Å². The predicted molar refractivity (Wildman–Crippen MR) is 87.3 cm³/mol. The first-order valence-electron chi connectivity index (χ1n) is 6.70. The minimum absolute atomic E-state index is 0.273. The highest BCUT2D eigenvalue weighted by atomic mass is 79.9. The van der Waals surface area contributed by atoms with Gasteiger partial charge in [-0.2, -0.15) is 15.0 Å². The van der Waals surface area contributed by atoms with E-state index < -0.39 is 0 Å². The van der Waals surface area contributed by atoms with Crippen LogP contribution >= 0.6 is 15.9 Å². The van der Waals surface area contributed by atoms with Crippen LogP contribution in [-0.2, 0) is 0 Å². The van der Waals surface area contributed by atoms with E-state index in [1.807, 2.05) is 25.1 Å². The number of hydrogen-bond acceptors (Lipinski definition) is 6. The number of aromatic nitrogens is 3. The zero-order chi connectivity index (χ0) is 15.2. The van der Waals surface area contributed by atoms with E-state index in [2.05, 4.69) is 48.4 Å². The minimum atomic E-state index is 0.273. The Bertz CT molecular complexity index is 620. The third kappa shape index (κ3) is 4.04. The molecule has 2 N–H and O–H groups in total. The van der Waals surface area contributed by atoms with E-state index in [0.29, 0.717) is 11.9 Å². The van der Waals surface area contributed by atoms with Gasteiger partial charge in [-0.3, -0.25) is 0 Å². The number of anilines is 3. The fourth-order valence-electron chi connectivity index (χ4n) is 1.68. The van der Waals surface area contributed by atoms with Gasteiger partial charge in [-0.15, -0.1) is 0 Å². The van der Waals surface area contributed by atoms with Crippen molar-refractivity contribution in [3.05, 3.63) is 28.2 Å². The maximum absolute atomic E-state index is 5.11. The third-order valence-electron chi connectivity index (χ3n) is 2.77. The lowest BCUT2D eigenvalue weighted by molar-refractivity contribution is 0.379. The van der Waals surface area contributed by atoms with Crippen LogP contribution in [0.15, 0.2) is 22.7 Å². The van der Waals surface area contributed by atoms with Crippen molar-refractivity contribution in [2.24, 2.45) is 0 Å². The molecule has 112 valence electrons. The molecule has 0 radical (unpaired) electrons. The number of hydrogen-bond donors (Lipinski definition) is 2. The summed E-state index contributed by atoms with van der Waals surface area (Å²) in [5, 5.41) is 6.30. The van der Waals surface area contributed by atoms with Gasteiger partial charge in [-0.25, -0.2) is 0 Å². The Kier molecular flexibility index (Phi) is 5.32. The average Bonchev–Trinajstić information content (AvgIpc) is 2.49. The van der Waals surface area contributed by atoms with Gasteiger partial charge in [0.15, 0.2) is 0 Å². The number of nitrogens with zero attached hydrogens (tertiary/aromatic N) is 3. The zero-order valence-electron chi connectivity index (χ0n) is 12.3. The normalized spacial score (nSPS) is 10.3. The summed E-state index contributed by atoms with van der Waals surface area (Å²) in [6.45, 7) is 4.90. The van der Waals surface area contributed by atoms with Gasteiger partial charge in [0.1, 0.15) is 0 Å². The van der Waals surface area contributed by atoms with Crippen LogP contribution in [0.2, 0.25) is 0 Å². The van der Waals surface area contributed by atoms with Crippen LogP contribution in [0.25, 0.3) is 0 Å². The van der Waals surface area contributed by atoms with Crippen LogP contribution in [0.3, 0.4) is 0 Å². The number of ether oxygens (including phenoxy) is 1. The molecule has 2 rings (SSSR count). The van der Waals surface area contributed by atoms with Crippen molar-refractivity contribution in [1.29, 1.82) is 0 Å². The van der Waals surface area contributed by atoms with E-state index in [1.165, 1.54) is 7.11 Å². The zero-order valence-corrected chi connectivity index (χ0v) is 13.9. The highest BCUT2D eigenvalue weighted by Crippen LogP contribution is 2.28. The second kappa shape index (κ2) is 7.21. The molecule has 0 fully saturated rings. The molecule has 0 aliphatic carbocycles. The van der Waals surface area contributed by atoms with Crippen LogP contribution in [0.1, 0.15) is 18.9 Å². The minimum Gasteiger partial charge on any atom is -0.467 e. The molecular weight excluding hydrogens is 334 g/mol. The second-order valence-electron chi connectivity index (χ2n) is 4.46. The fraction of sp³-hybridized carbons (Fsp3) is 0.357. The molecule has 0 atom stereocenters. The lowest BCUT2D eigenvalue weighted by atomic mass is 10.2. The molecule has 7 heteroatoms. The maximum Gasteiger partial charge on any atom is 0.322 e. The molecule has 0 bridgehead atoms. The lowest BCUT2D eigenvalue weighted by Crippen LogP contribution is -2.09. The number of halogens is 1. The topological polar surface area (TPSA) is 72.0 Å². The first kappa shape index (κ1) is 15.5. The van der Waals surface area contributed by atoms with E-state index in [0.717, 1.165) is 28.7 Å². The maximum atomic E-state index is 5.11. The number of nitrogens with one attached hydrogen (secondary N) is 2. The smallest absolute Gasteiger partial charge is 0.322 e. The van der Waals surface area contributed by atoms with Crippen molar-refractivity contribution in [3.63, 3.8) is 0 Å². The summed E-state index contributed by atoms with van der Waals surface area (Å²) in [5.41, 5.74) is 2.02. The predicted octanol–water partition coefficient (Wildman–Crippen LogP) is 3.52. The molecule has 2 aromatic rings. The summed E-state index contributed by atoms with van der Waals surface area (Å²) in [6, 6.07) is 6.22. The van der Waals surface area contributed by atoms with E-state index in [1.54, 1.807) is 0 Å². The quantitative estimate of drug-likeness (QED) is 0.829. The molecule has 0 unspecified atom stereocenters. The summed E-state index contributed by atoms with van der Waals surface area (Å²) in [7, 11) is 1.53. The standard InChI is InChI=1S/C14H18BrN5O/c1-4-8-16-12-18-13(20-14(19-12)21-3)17-10-7-5-6-9(2)11(10)15/h5-7H,4,8H2,1-3H3,(H2,16,17,18,19,20). The molecule has 0 aliphatic rings. The van der Waals surface area contributed by atoms with Crippen molar-refractivity contribution >= 4 is 33.5 Å². The molecule has 0 saturated carbocycles. The van der Waals surface area contributed by atoms with E-state index in [4.69, 9.17) is 4.74 Å². The Balaban J connectivity index is 2.28. The number of methoxy groups -OCH3 is 1. The molecule has 21 heavy (non-hydrogen) atoms. The van der Waals surface area contributed by atoms with Gasteiger partial charge in [-0.1, -0.05) is 19.1 Å². The molecule has 1 aromatic carbocycles. The third-order valence-corrected chi connectivity index (χ3v) is 3.82. The van der Waals surface area contributed by atoms with Gasteiger partial charge >= 0.3 is 6.01 Å². The largest absolute Gasteiger partial charge is 0.467 e. The molecule has 6 nitrogen and oxygen atoms in total. The van der Waals surface area contributed by atoms with Crippen LogP contribution in [-0.4, -0.2) is 28.6 Å². The van der Waals surface area contributed by atoms with Crippen molar-refractivity contribution in [2.45, 2.75) is 20.3 Å². The van der Waals surface area contributed by atoms with Crippen LogP contribution in [0.5, 0.6) is 6.01 Å². The molecule has 1 heterocycles. The first-order valence-corrected chi connectivity index (χ1v) is 7.49. The SMILES string of the molecule is CCCNc1nc(Nc2cccc(C)c2Br)nc(OC)n1. The highest BCUT2D eigenvalue weighted by molar-refractivity contribution is 9.10. The van der Waals surface area contributed by atoms with Gasteiger partial charge in [0.2, 0.25) is 11.9 Å². The Morgan fingerprint density at radius 2 is 1.95 bits per heavy atom. The molecule has 0 amide bonds. The number of benzene rings is 1. The summed E-state index contributed by atoms with van der Waals surface area (Å²) >= 11 is 3.55. The van der Waals surface area contributed by atoms with Gasteiger partial charge in [0.05, 0.1) is 12.8 Å². The summed E-state index contributed by atoms with van der Waals surface area (Å²) in [6.07, 6.45) is 0.986. The molecule has 1 aromatic heterocycles. The van der Waals surface area contributed by atoms with E-state index >= 15 is 0 Å². The van der Waals surface area contributed by atoms with Crippen molar-refractivity contribution in [2.75, 3.05) is 24.3 Å². The average molecular weight is 352 g/mol. The van der Waals surface area contributed by atoms with Gasteiger partial charge in [-0.05, 0) is 40.9 Å². The van der Waals surface area contributed by atoms with Crippen molar-refractivity contribution in [3.8, 4) is 6.01 Å². The van der Waals surface area contributed by atoms with Crippen molar-refractivity contribution < 1.29 is 4.74 Å². The fourth-order valence-corrected chi connectivity index (χ4v) is 2.05. The summed E-state index contributed by atoms with van der Waals surface area (Å²) in [4.78, 5) is 12.7. The van der Waals surface area contributed by atoms with Gasteiger partial charge in [0.25, 0.3) is 0 Å². The monoisotopic (exact) mass is 351 g/mol. The van der Waals surface area contributed by atoms with Crippen LogP contribution < -0.4 is 15.4 Å². The summed E-state index contributed by atoms with van der Waals surface area (Å²) < 4.78 is 6.09. The summed E-state index contributed by atoms with van der Waals surface area (Å²) in [5.74, 6) is 0.932. The second-order valence-corrected chi connectivity index (χ2v) is 5.25. The molecular formula is C14H18BrN5O. The lowest BCUT2D eigenvalue weighted by Gasteiger charge is -2.11. The molecule has 0 spiro atoms. The number of aryl methyl sites for hydroxylation is 1. The highest BCUT2D eigenvalue weighted by Gasteiger charge is 2.09. The number of rotatable bonds is 6. The van der Waals surface area contributed by atoms with Crippen LogP contribution in [0, 0.1) is 6.92 Å². The Morgan fingerprint density at radius 1 is 1.19 bits per heavy atom. The van der Waals surface area contributed by atoms with Crippen LogP contribution in [0.4, 0.5) is 17.6 Å². The molecule has 0 saturated heterocycles. The Morgan fingerprint density at radius 3 is 2.67 bits per heavy atom. The Labute approximate surface area is 132 Å². The Hall–Kier alpha value is -1.89. The first-order chi connectivity index (χ1) is 10.1. The van der Waals surface area contributed by atoms with Gasteiger partial charge < -0.3 is 15.4 Å². The van der Waals surface area contributed by atoms with E-state index in [9.17, 15) is 0 Å². The molecule has 0 aliphatic heterocycles. The van der Waals surface area contributed by atoms with E-state index in [-0.39, 0.29) is 6.01 Å².